The predicted molar refractivity (Wildman–Crippen MR) is 125 cm³/mol. The monoisotopic (exact) mass is 447 g/mol. The summed E-state index contributed by atoms with van der Waals surface area (Å²) in [5.74, 6) is 1.09. The predicted octanol–water partition coefficient (Wildman–Crippen LogP) is 5.42. The molecule has 0 bridgehead atoms. The molecule has 0 atom stereocenters. The Labute approximate surface area is 191 Å². The van der Waals surface area contributed by atoms with E-state index < -0.39 is 0 Å². The molecule has 0 aliphatic rings. The Morgan fingerprint density at radius 1 is 1.06 bits per heavy atom. The summed E-state index contributed by atoms with van der Waals surface area (Å²) in [6, 6.07) is 22.3. The Morgan fingerprint density at radius 3 is 2.59 bits per heavy atom. The second kappa shape index (κ2) is 10.0. The lowest BCUT2D eigenvalue weighted by atomic mass is 10.1. The highest BCUT2D eigenvalue weighted by Crippen LogP contribution is 2.24. The van der Waals surface area contributed by atoms with Crippen molar-refractivity contribution in [1.29, 1.82) is 0 Å². The lowest BCUT2D eigenvalue weighted by Crippen LogP contribution is -2.12. The normalized spacial score (nSPS) is 10.6. The number of rotatable bonds is 8. The van der Waals surface area contributed by atoms with Gasteiger partial charge in [0.1, 0.15) is 18.1 Å². The number of anilines is 1. The zero-order chi connectivity index (χ0) is 22.3. The largest absolute Gasteiger partial charge is 0.496 e. The Hall–Kier alpha value is -3.77. The van der Waals surface area contributed by atoms with Crippen molar-refractivity contribution >= 4 is 23.2 Å². The second-order valence-corrected chi connectivity index (χ2v) is 7.57. The van der Waals surface area contributed by atoms with E-state index in [-0.39, 0.29) is 12.5 Å². The van der Waals surface area contributed by atoms with Crippen LogP contribution in [0.5, 0.6) is 11.5 Å². The van der Waals surface area contributed by atoms with Crippen LogP contribution in [0.3, 0.4) is 0 Å². The molecular formula is C25H22ClN3O3. The number of methoxy groups -OCH3 is 1. The highest BCUT2D eigenvalue weighted by Gasteiger charge is 2.12. The summed E-state index contributed by atoms with van der Waals surface area (Å²) in [6.45, 7) is 0.881. The molecule has 3 aromatic carbocycles. The van der Waals surface area contributed by atoms with Gasteiger partial charge in [-0.3, -0.25) is 9.48 Å². The van der Waals surface area contributed by atoms with Gasteiger partial charge in [0.15, 0.2) is 0 Å². The molecule has 0 aliphatic carbocycles. The average Bonchev–Trinajstić information content (AvgIpc) is 3.25. The maximum Gasteiger partial charge on any atom is 0.255 e. The molecule has 1 aromatic heterocycles. The molecule has 7 heteroatoms. The summed E-state index contributed by atoms with van der Waals surface area (Å²) in [5, 5.41) is 7.85. The molecule has 1 N–H and O–H groups in total. The fourth-order valence-corrected chi connectivity index (χ4v) is 3.34. The van der Waals surface area contributed by atoms with Gasteiger partial charge in [-0.05, 0) is 48.0 Å². The maximum absolute atomic E-state index is 12.8. The van der Waals surface area contributed by atoms with Gasteiger partial charge in [0.2, 0.25) is 0 Å². The van der Waals surface area contributed by atoms with Crippen molar-refractivity contribution < 1.29 is 14.3 Å². The fraction of sp³-hybridized carbons (Fsp3) is 0.120. The van der Waals surface area contributed by atoms with E-state index in [9.17, 15) is 4.79 Å². The van der Waals surface area contributed by atoms with Crippen LogP contribution in [0.15, 0.2) is 85.2 Å². The van der Waals surface area contributed by atoms with Crippen molar-refractivity contribution in [3.05, 3.63) is 107 Å². The molecule has 4 rings (SSSR count). The van der Waals surface area contributed by atoms with Crippen LogP contribution in [-0.2, 0) is 13.2 Å². The molecule has 0 saturated carbocycles. The molecule has 4 aromatic rings. The van der Waals surface area contributed by atoms with Gasteiger partial charge >= 0.3 is 0 Å². The standard InChI is InChI=1S/C25H22ClN3O3/c1-31-24-12-7-19(13-20(24)17-32-23-10-8-21(26)9-11-23)25(30)28-22-14-27-29(16-22)15-18-5-3-2-4-6-18/h2-14,16H,15,17H2,1H3,(H,28,30). The van der Waals surface area contributed by atoms with Gasteiger partial charge in [-0.15, -0.1) is 0 Å². The Bertz CT molecular complexity index is 1190. The third kappa shape index (κ3) is 5.47. The number of halogens is 1. The van der Waals surface area contributed by atoms with Crippen molar-refractivity contribution in [3.63, 3.8) is 0 Å². The summed E-state index contributed by atoms with van der Waals surface area (Å²) < 4.78 is 13.0. The fourth-order valence-electron chi connectivity index (χ4n) is 3.21. The third-order valence-corrected chi connectivity index (χ3v) is 5.08. The summed E-state index contributed by atoms with van der Waals surface area (Å²) >= 11 is 5.91. The van der Waals surface area contributed by atoms with Crippen molar-refractivity contribution in [3.8, 4) is 11.5 Å². The first kappa shape index (κ1) is 21.5. The molecular weight excluding hydrogens is 426 g/mol. The molecule has 0 aliphatic heterocycles. The highest BCUT2D eigenvalue weighted by atomic mass is 35.5. The molecule has 0 spiro atoms. The zero-order valence-electron chi connectivity index (χ0n) is 17.5. The molecule has 0 unspecified atom stereocenters. The number of nitrogens with zero attached hydrogens (tertiary/aromatic N) is 2. The van der Waals surface area contributed by atoms with Crippen LogP contribution >= 0.6 is 11.6 Å². The van der Waals surface area contributed by atoms with E-state index in [0.29, 0.717) is 34.3 Å². The summed E-state index contributed by atoms with van der Waals surface area (Å²) in [5.41, 5.74) is 3.01. The third-order valence-electron chi connectivity index (χ3n) is 4.83. The van der Waals surface area contributed by atoms with E-state index in [2.05, 4.69) is 10.4 Å². The number of amides is 1. The lowest BCUT2D eigenvalue weighted by Gasteiger charge is -2.12. The molecule has 0 fully saturated rings. The van der Waals surface area contributed by atoms with Crippen molar-refractivity contribution in [2.45, 2.75) is 13.2 Å². The number of carbonyl (C=O) groups excluding carboxylic acids is 1. The summed E-state index contributed by atoms with van der Waals surface area (Å²) in [6.07, 6.45) is 3.44. The molecule has 32 heavy (non-hydrogen) atoms. The number of ether oxygens (including phenoxy) is 2. The summed E-state index contributed by atoms with van der Waals surface area (Å²) in [4.78, 5) is 12.8. The Kier molecular flexibility index (Phi) is 6.72. The van der Waals surface area contributed by atoms with E-state index >= 15 is 0 Å². The van der Waals surface area contributed by atoms with Crippen LogP contribution in [0.4, 0.5) is 5.69 Å². The van der Waals surface area contributed by atoms with E-state index in [1.807, 2.05) is 30.3 Å². The van der Waals surface area contributed by atoms with Crippen LogP contribution in [0.2, 0.25) is 5.02 Å². The van der Waals surface area contributed by atoms with Gasteiger partial charge in [-0.25, -0.2) is 0 Å². The molecule has 6 nitrogen and oxygen atoms in total. The van der Waals surface area contributed by atoms with Gasteiger partial charge in [0.25, 0.3) is 5.91 Å². The van der Waals surface area contributed by atoms with Crippen molar-refractivity contribution in [1.82, 2.24) is 9.78 Å². The van der Waals surface area contributed by atoms with Gasteiger partial charge in [0, 0.05) is 22.3 Å². The first-order chi connectivity index (χ1) is 15.6. The van der Waals surface area contributed by atoms with E-state index in [0.717, 1.165) is 11.1 Å². The maximum atomic E-state index is 12.8. The molecule has 0 radical (unpaired) electrons. The van der Waals surface area contributed by atoms with Crippen LogP contribution < -0.4 is 14.8 Å². The number of hydrogen-bond donors (Lipinski definition) is 1. The van der Waals surface area contributed by atoms with E-state index in [1.54, 1.807) is 66.6 Å². The number of hydrogen-bond acceptors (Lipinski definition) is 4. The van der Waals surface area contributed by atoms with E-state index in [4.69, 9.17) is 21.1 Å². The lowest BCUT2D eigenvalue weighted by molar-refractivity contribution is 0.102. The highest BCUT2D eigenvalue weighted by molar-refractivity contribution is 6.30. The average molecular weight is 448 g/mol. The first-order valence-electron chi connectivity index (χ1n) is 10.0. The number of carbonyl (C=O) groups is 1. The van der Waals surface area contributed by atoms with Crippen LogP contribution in [-0.4, -0.2) is 22.8 Å². The van der Waals surface area contributed by atoms with Gasteiger partial charge in [-0.2, -0.15) is 5.10 Å². The van der Waals surface area contributed by atoms with Gasteiger partial charge < -0.3 is 14.8 Å². The van der Waals surface area contributed by atoms with Crippen molar-refractivity contribution in [2.75, 3.05) is 12.4 Å². The minimum atomic E-state index is -0.236. The quantitative estimate of drug-likeness (QED) is 0.391. The van der Waals surface area contributed by atoms with Crippen LogP contribution in [0.25, 0.3) is 0 Å². The SMILES string of the molecule is COc1ccc(C(=O)Nc2cnn(Cc3ccccc3)c2)cc1COc1ccc(Cl)cc1. The Morgan fingerprint density at radius 2 is 1.84 bits per heavy atom. The minimum absolute atomic E-state index is 0.236. The zero-order valence-corrected chi connectivity index (χ0v) is 18.3. The van der Waals surface area contributed by atoms with Gasteiger partial charge in [0.05, 0.1) is 25.5 Å². The molecule has 1 heterocycles. The van der Waals surface area contributed by atoms with Gasteiger partial charge in [-0.1, -0.05) is 41.9 Å². The second-order valence-electron chi connectivity index (χ2n) is 7.14. The summed E-state index contributed by atoms with van der Waals surface area (Å²) in [7, 11) is 1.59. The molecule has 1 amide bonds. The Balaban J connectivity index is 1.43. The van der Waals surface area contributed by atoms with E-state index in [1.165, 1.54) is 0 Å². The van der Waals surface area contributed by atoms with Crippen LogP contribution in [0.1, 0.15) is 21.5 Å². The molecule has 162 valence electrons. The number of benzene rings is 3. The topological polar surface area (TPSA) is 65.4 Å². The number of aromatic nitrogens is 2. The first-order valence-corrected chi connectivity index (χ1v) is 10.4. The molecule has 0 saturated heterocycles. The number of nitrogens with one attached hydrogen (secondary N) is 1. The minimum Gasteiger partial charge on any atom is -0.496 e. The van der Waals surface area contributed by atoms with Crippen molar-refractivity contribution in [2.24, 2.45) is 0 Å². The smallest absolute Gasteiger partial charge is 0.255 e. The van der Waals surface area contributed by atoms with Crippen LogP contribution in [0, 0.1) is 0 Å².